The van der Waals surface area contributed by atoms with E-state index in [0.29, 0.717) is 29.0 Å². The van der Waals surface area contributed by atoms with Gasteiger partial charge in [-0.15, -0.1) is 0 Å². The van der Waals surface area contributed by atoms with Crippen LogP contribution in [0.25, 0.3) is 11.0 Å². The average molecular weight is 370 g/mol. The molecule has 1 atom stereocenters. The quantitative estimate of drug-likeness (QED) is 0.837. The number of benzene rings is 1. The summed E-state index contributed by atoms with van der Waals surface area (Å²) in [5.74, 6) is -0.0120. The van der Waals surface area contributed by atoms with Crippen molar-refractivity contribution < 1.29 is 14.0 Å². The lowest BCUT2D eigenvalue weighted by atomic mass is 9.84. The molecule has 0 unspecified atom stereocenters. The highest BCUT2D eigenvalue weighted by molar-refractivity contribution is 5.95. The zero-order chi connectivity index (χ0) is 19.4. The Morgan fingerprint density at radius 3 is 2.63 bits per heavy atom. The number of hydrogen-bond donors (Lipinski definition) is 2. The van der Waals surface area contributed by atoms with Gasteiger partial charge in [0.25, 0.3) is 5.91 Å². The van der Waals surface area contributed by atoms with Gasteiger partial charge in [-0.3, -0.25) is 14.4 Å². The fourth-order valence-corrected chi connectivity index (χ4v) is 3.63. The van der Waals surface area contributed by atoms with Crippen molar-refractivity contribution in [2.45, 2.75) is 58.4 Å². The number of nitrogens with one attached hydrogen (secondary N) is 2. The van der Waals surface area contributed by atoms with Crippen molar-refractivity contribution in [3.05, 3.63) is 40.2 Å². The van der Waals surface area contributed by atoms with Crippen LogP contribution in [0.2, 0.25) is 0 Å². The Labute approximate surface area is 158 Å². The van der Waals surface area contributed by atoms with E-state index in [0.717, 1.165) is 12.8 Å². The molecular weight excluding hydrogens is 344 g/mol. The van der Waals surface area contributed by atoms with Gasteiger partial charge in [0.2, 0.25) is 5.91 Å². The molecule has 3 rings (SSSR count). The molecule has 6 nitrogen and oxygen atoms in total. The van der Waals surface area contributed by atoms with Gasteiger partial charge in [-0.05, 0) is 43.9 Å². The van der Waals surface area contributed by atoms with Gasteiger partial charge in [0.15, 0.2) is 11.2 Å². The molecule has 6 heteroatoms. The number of rotatable bonds is 5. The fourth-order valence-electron chi connectivity index (χ4n) is 3.63. The number of amides is 2. The molecular formula is C21H26N2O4. The Bertz CT molecular complexity index is 897. The van der Waals surface area contributed by atoms with Gasteiger partial charge in [-0.25, -0.2) is 0 Å². The number of anilines is 1. The van der Waals surface area contributed by atoms with Crippen LogP contribution in [0.3, 0.4) is 0 Å². The number of carbonyl (C=O) groups excluding carboxylic acids is 2. The molecule has 0 spiro atoms. The largest absolute Gasteiger partial charge is 0.451 e. The molecule has 0 radical (unpaired) electrons. The van der Waals surface area contributed by atoms with Crippen LogP contribution in [-0.2, 0) is 4.79 Å². The summed E-state index contributed by atoms with van der Waals surface area (Å²) in [7, 11) is 0. The standard InChI is InChI=1S/C21H26N2O4/c1-3-20(25)23-15-9-10-18-16(11-15)17(24)12-19(27-18)21(26)22-13(2)14-7-5-4-6-8-14/h9-14H,3-8H2,1-2H3,(H,22,26)(H,23,25)/t13-/m0/s1. The fraction of sp³-hybridized carbons (Fsp3) is 0.476. The maximum absolute atomic E-state index is 12.5. The summed E-state index contributed by atoms with van der Waals surface area (Å²) in [5, 5.41) is 6.02. The monoisotopic (exact) mass is 370 g/mol. The van der Waals surface area contributed by atoms with E-state index in [9.17, 15) is 14.4 Å². The summed E-state index contributed by atoms with van der Waals surface area (Å²) in [6, 6.07) is 6.09. The highest BCUT2D eigenvalue weighted by Gasteiger charge is 2.23. The second kappa shape index (κ2) is 8.37. The Morgan fingerprint density at radius 1 is 1.19 bits per heavy atom. The first kappa shape index (κ1) is 19.1. The highest BCUT2D eigenvalue weighted by Crippen LogP contribution is 2.26. The molecule has 1 aromatic heterocycles. The van der Waals surface area contributed by atoms with Crippen LogP contribution in [0.5, 0.6) is 0 Å². The van der Waals surface area contributed by atoms with Gasteiger partial charge < -0.3 is 15.1 Å². The van der Waals surface area contributed by atoms with Crippen LogP contribution in [0, 0.1) is 5.92 Å². The molecule has 27 heavy (non-hydrogen) atoms. The van der Waals surface area contributed by atoms with Crippen LogP contribution < -0.4 is 16.1 Å². The maximum Gasteiger partial charge on any atom is 0.287 e. The first-order valence-electron chi connectivity index (χ1n) is 9.66. The van der Waals surface area contributed by atoms with Gasteiger partial charge in [-0.2, -0.15) is 0 Å². The predicted molar refractivity (Wildman–Crippen MR) is 105 cm³/mol. The van der Waals surface area contributed by atoms with E-state index in [1.54, 1.807) is 25.1 Å². The summed E-state index contributed by atoms with van der Waals surface area (Å²) >= 11 is 0. The van der Waals surface area contributed by atoms with E-state index in [1.807, 2.05) is 6.92 Å². The van der Waals surface area contributed by atoms with Crippen LogP contribution in [0.1, 0.15) is 62.9 Å². The summed E-state index contributed by atoms with van der Waals surface area (Å²) in [5.41, 5.74) is 0.552. The molecule has 0 bridgehead atoms. The van der Waals surface area contributed by atoms with Crippen molar-refractivity contribution in [3.63, 3.8) is 0 Å². The summed E-state index contributed by atoms with van der Waals surface area (Å²) in [6.45, 7) is 3.76. The SMILES string of the molecule is CCC(=O)Nc1ccc2oc(C(=O)N[C@@H](C)C3CCCCC3)cc(=O)c2c1. The molecule has 0 saturated heterocycles. The zero-order valence-corrected chi connectivity index (χ0v) is 15.8. The van der Waals surface area contributed by atoms with Gasteiger partial charge in [0.05, 0.1) is 5.39 Å². The number of carbonyl (C=O) groups is 2. The Hall–Kier alpha value is -2.63. The second-order valence-electron chi connectivity index (χ2n) is 7.25. The van der Waals surface area contributed by atoms with Crippen LogP contribution in [0.4, 0.5) is 5.69 Å². The zero-order valence-electron chi connectivity index (χ0n) is 15.8. The smallest absolute Gasteiger partial charge is 0.287 e. The van der Waals surface area contributed by atoms with Crippen LogP contribution in [-0.4, -0.2) is 17.9 Å². The Morgan fingerprint density at radius 2 is 1.93 bits per heavy atom. The van der Waals surface area contributed by atoms with Gasteiger partial charge in [0.1, 0.15) is 5.58 Å². The van der Waals surface area contributed by atoms with Crippen molar-refractivity contribution >= 4 is 28.5 Å². The molecule has 144 valence electrons. The van der Waals surface area contributed by atoms with E-state index >= 15 is 0 Å². The first-order chi connectivity index (χ1) is 13.0. The van der Waals surface area contributed by atoms with E-state index < -0.39 is 0 Å². The Kier molecular flexibility index (Phi) is 5.94. The molecule has 1 aliphatic rings. The molecule has 1 aromatic carbocycles. The number of hydrogen-bond acceptors (Lipinski definition) is 4. The van der Waals surface area contributed by atoms with Crippen LogP contribution in [0.15, 0.2) is 33.5 Å². The minimum atomic E-state index is -0.365. The Balaban J connectivity index is 1.78. The first-order valence-corrected chi connectivity index (χ1v) is 9.66. The van der Waals surface area contributed by atoms with E-state index in [2.05, 4.69) is 10.6 Å². The van der Waals surface area contributed by atoms with Crippen molar-refractivity contribution in [3.8, 4) is 0 Å². The van der Waals surface area contributed by atoms with E-state index in [-0.39, 0.29) is 29.0 Å². The maximum atomic E-state index is 12.5. The number of fused-ring (bicyclic) bond motifs is 1. The van der Waals surface area contributed by atoms with Crippen molar-refractivity contribution in [1.29, 1.82) is 0 Å². The molecule has 2 aromatic rings. The third-order valence-electron chi connectivity index (χ3n) is 5.27. The predicted octanol–water partition coefficient (Wildman–Crippen LogP) is 3.84. The van der Waals surface area contributed by atoms with Crippen molar-refractivity contribution in [2.24, 2.45) is 5.92 Å². The topological polar surface area (TPSA) is 88.4 Å². The van der Waals surface area contributed by atoms with Gasteiger partial charge in [0, 0.05) is 24.2 Å². The third-order valence-corrected chi connectivity index (χ3v) is 5.27. The summed E-state index contributed by atoms with van der Waals surface area (Å²) < 4.78 is 5.65. The van der Waals surface area contributed by atoms with E-state index in [1.165, 1.54) is 25.3 Å². The molecule has 1 aliphatic carbocycles. The molecule has 1 fully saturated rings. The lowest BCUT2D eigenvalue weighted by Crippen LogP contribution is -2.39. The average Bonchev–Trinajstić information content (AvgIpc) is 2.68. The third kappa shape index (κ3) is 4.56. The minimum absolute atomic E-state index is 0.0144. The minimum Gasteiger partial charge on any atom is -0.451 e. The second-order valence-corrected chi connectivity index (χ2v) is 7.25. The molecule has 1 saturated carbocycles. The molecule has 1 heterocycles. The molecule has 0 aliphatic heterocycles. The lowest BCUT2D eigenvalue weighted by Gasteiger charge is -2.28. The summed E-state index contributed by atoms with van der Waals surface area (Å²) in [4.78, 5) is 36.5. The highest BCUT2D eigenvalue weighted by atomic mass is 16.3. The van der Waals surface area contributed by atoms with Crippen LogP contribution >= 0.6 is 0 Å². The molecule has 2 N–H and O–H groups in total. The van der Waals surface area contributed by atoms with Gasteiger partial charge in [-0.1, -0.05) is 26.2 Å². The van der Waals surface area contributed by atoms with Gasteiger partial charge >= 0.3 is 0 Å². The van der Waals surface area contributed by atoms with Crippen molar-refractivity contribution in [2.75, 3.05) is 5.32 Å². The summed E-state index contributed by atoms with van der Waals surface area (Å²) in [6.07, 6.45) is 6.26. The molecule has 2 amide bonds. The lowest BCUT2D eigenvalue weighted by molar-refractivity contribution is -0.115. The van der Waals surface area contributed by atoms with E-state index in [4.69, 9.17) is 4.42 Å². The van der Waals surface area contributed by atoms with Crippen molar-refractivity contribution in [1.82, 2.24) is 5.32 Å². The normalized spacial score (nSPS) is 16.1.